The largest absolute Gasteiger partial charge is 0.489 e. The molecule has 4 heteroatoms. The highest BCUT2D eigenvalue weighted by molar-refractivity contribution is 7.80. The Morgan fingerprint density at radius 3 is 2.75 bits per heavy atom. The van der Waals surface area contributed by atoms with Gasteiger partial charge in [-0.2, -0.15) is 0 Å². The molecule has 0 amide bonds. The molecule has 0 unspecified atom stereocenters. The quantitative estimate of drug-likeness (QED) is 0.589. The lowest BCUT2D eigenvalue weighted by atomic mass is 10.1. The highest BCUT2D eigenvalue weighted by Crippen LogP contribution is 2.19. The Kier molecular flexibility index (Phi) is 3.48. The molecule has 0 radical (unpaired) electrons. The first-order valence-corrected chi connectivity index (χ1v) is 6.60. The fourth-order valence-corrected chi connectivity index (χ4v) is 2.15. The first-order chi connectivity index (χ1) is 9.70. The number of hydrogen-bond acceptors (Lipinski definition) is 4. The second kappa shape index (κ2) is 5.43. The van der Waals surface area contributed by atoms with E-state index in [0.717, 1.165) is 21.6 Å². The van der Waals surface area contributed by atoms with Crippen LogP contribution in [0, 0.1) is 0 Å². The fraction of sp³-hybridized carbons (Fsp3) is 0.0625. The number of ether oxygens (including phenoxy) is 1. The SMILES string of the molecule is O=c1ccc2ccc(COc3cccc(S)c3)cc2o1. The normalized spacial score (nSPS) is 10.7. The van der Waals surface area contributed by atoms with Crippen LogP contribution in [-0.4, -0.2) is 0 Å². The number of thiol groups is 1. The van der Waals surface area contributed by atoms with Crippen molar-refractivity contribution in [3.63, 3.8) is 0 Å². The van der Waals surface area contributed by atoms with E-state index in [1.54, 1.807) is 6.07 Å². The predicted molar refractivity (Wildman–Crippen MR) is 80.5 cm³/mol. The summed E-state index contributed by atoms with van der Waals surface area (Å²) in [6.07, 6.45) is 0. The molecule has 2 aromatic carbocycles. The lowest BCUT2D eigenvalue weighted by Gasteiger charge is -2.07. The number of rotatable bonds is 3. The number of fused-ring (bicyclic) bond motifs is 1. The monoisotopic (exact) mass is 284 g/mol. The molecule has 0 aliphatic heterocycles. The molecule has 20 heavy (non-hydrogen) atoms. The van der Waals surface area contributed by atoms with Gasteiger partial charge in [-0.05, 0) is 35.9 Å². The summed E-state index contributed by atoms with van der Waals surface area (Å²) in [6, 6.07) is 16.3. The molecule has 3 rings (SSSR count). The molecular formula is C16H12O3S. The van der Waals surface area contributed by atoms with Crippen LogP contribution in [0.2, 0.25) is 0 Å². The molecule has 0 N–H and O–H groups in total. The van der Waals surface area contributed by atoms with E-state index in [1.807, 2.05) is 42.5 Å². The maximum atomic E-state index is 11.2. The highest BCUT2D eigenvalue weighted by atomic mass is 32.1. The van der Waals surface area contributed by atoms with Crippen molar-refractivity contribution < 1.29 is 9.15 Å². The van der Waals surface area contributed by atoms with E-state index in [9.17, 15) is 4.79 Å². The second-order valence-corrected chi connectivity index (χ2v) is 4.93. The summed E-state index contributed by atoms with van der Waals surface area (Å²) in [5, 5.41) is 0.894. The van der Waals surface area contributed by atoms with Gasteiger partial charge in [-0.15, -0.1) is 12.6 Å². The summed E-state index contributed by atoms with van der Waals surface area (Å²) in [5.74, 6) is 0.757. The van der Waals surface area contributed by atoms with Gasteiger partial charge >= 0.3 is 5.63 Å². The van der Waals surface area contributed by atoms with E-state index in [-0.39, 0.29) is 5.63 Å². The Morgan fingerprint density at radius 2 is 1.90 bits per heavy atom. The minimum absolute atomic E-state index is 0.349. The van der Waals surface area contributed by atoms with Gasteiger partial charge in [-0.25, -0.2) is 4.79 Å². The van der Waals surface area contributed by atoms with Crippen molar-refractivity contribution in [2.45, 2.75) is 11.5 Å². The highest BCUT2D eigenvalue weighted by Gasteiger charge is 2.01. The lowest BCUT2D eigenvalue weighted by Crippen LogP contribution is -1.97. The molecule has 0 atom stereocenters. The van der Waals surface area contributed by atoms with Gasteiger partial charge in [0, 0.05) is 16.3 Å². The molecule has 0 spiro atoms. The van der Waals surface area contributed by atoms with Gasteiger partial charge in [0.1, 0.15) is 17.9 Å². The third-order valence-corrected chi connectivity index (χ3v) is 3.19. The Balaban J connectivity index is 1.82. The van der Waals surface area contributed by atoms with E-state index in [0.29, 0.717) is 12.2 Å². The zero-order valence-electron chi connectivity index (χ0n) is 10.6. The minimum atomic E-state index is -0.349. The van der Waals surface area contributed by atoms with Gasteiger partial charge in [-0.1, -0.05) is 18.2 Å². The maximum absolute atomic E-state index is 11.2. The summed E-state index contributed by atoms with van der Waals surface area (Å²) < 4.78 is 10.8. The van der Waals surface area contributed by atoms with E-state index in [2.05, 4.69) is 12.6 Å². The summed E-state index contributed by atoms with van der Waals surface area (Å²) >= 11 is 4.26. The van der Waals surface area contributed by atoms with Gasteiger partial charge in [0.2, 0.25) is 0 Å². The molecular weight excluding hydrogens is 272 g/mol. The molecule has 1 aromatic heterocycles. The van der Waals surface area contributed by atoms with Crippen LogP contribution >= 0.6 is 12.6 Å². The van der Waals surface area contributed by atoms with Crippen LogP contribution in [0.15, 0.2) is 68.7 Å². The summed E-state index contributed by atoms with van der Waals surface area (Å²) in [7, 11) is 0. The van der Waals surface area contributed by atoms with E-state index in [1.165, 1.54) is 6.07 Å². The Bertz CT molecular complexity index is 808. The minimum Gasteiger partial charge on any atom is -0.489 e. The summed E-state index contributed by atoms with van der Waals surface area (Å²) in [4.78, 5) is 12.1. The third kappa shape index (κ3) is 2.86. The van der Waals surface area contributed by atoms with E-state index < -0.39 is 0 Å². The van der Waals surface area contributed by atoms with Crippen molar-refractivity contribution in [2.24, 2.45) is 0 Å². The molecule has 3 nitrogen and oxygen atoms in total. The maximum Gasteiger partial charge on any atom is 0.336 e. The molecule has 0 saturated heterocycles. The zero-order valence-corrected chi connectivity index (χ0v) is 11.5. The molecule has 0 aliphatic carbocycles. The van der Waals surface area contributed by atoms with Gasteiger partial charge < -0.3 is 9.15 Å². The average molecular weight is 284 g/mol. The molecule has 0 aliphatic rings. The van der Waals surface area contributed by atoms with E-state index in [4.69, 9.17) is 9.15 Å². The van der Waals surface area contributed by atoms with Crippen molar-refractivity contribution in [3.05, 3.63) is 70.6 Å². The lowest BCUT2D eigenvalue weighted by molar-refractivity contribution is 0.305. The Labute approximate surface area is 121 Å². The first-order valence-electron chi connectivity index (χ1n) is 6.15. The average Bonchev–Trinajstić information content (AvgIpc) is 2.45. The predicted octanol–water partition coefficient (Wildman–Crippen LogP) is 3.66. The van der Waals surface area contributed by atoms with Crippen LogP contribution in [0.3, 0.4) is 0 Å². The van der Waals surface area contributed by atoms with Crippen LogP contribution in [0.1, 0.15) is 5.56 Å². The molecule has 0 bridgehead atoms. The zero-order chi connectivity index (χ0) is 13.9. The van der Waals surface area contributed by atoms with Crippen molar-refractivity contribution in [1.29, 1.82) is 0 Å². The van der Waals surface area contributed by atoms with Gasteiger partial charge in [0.15, 0.2) is 0 Å². The summed E-state index contributed by atoms with van der Waals surface area (Å²) in [6.45, 7) is 0.409. The van der Waals surface area contributed by atoms with Crippen LogP contribution < -0.4 is 10.4 Å². The fourth-order valence-electron chi connectivity index (χ4n) is 1.93. The van der Waals surface area contributed by atoms with Gasteiger partial charge in [-0.3, -0.25) is 0 Å². The van der Waals surface area contributed by atoms with Crippen molar-refractivity contribution in [3.8, 4) is 5.75 Å². The third-order valence-electron chi connectivity index (χ3n) is 2.91. The molecule has 1 heterocycles. The van der Waals surface area contributed by atoms with Crippen molar-refractivity contribution in [2.75, 3.05) is 0 Å². The van der Waals surface area contributed by atoms with Crippen LogP contribution in [0.4, 0.5) is 0 Å². The van der Waals surface area contributed by atoms with Crippen molar-refractivity contribution >= 4 is 23.6 Å². The van der Waals surface area contributed by atoms with Crippen LogP contribution in [0.5, 0.6) is 5.75 Å². The number of hydrogen-bond donors (Lipinski definition) is 1. The van der Waals surface area contributed by atoms with Crippen LogP contribution in [-0.2, 0) is 6.61 Å². The Hall–Kier alpha value is -2.20. The Morgan fingerprint density at radius 1 is 1.05 bits per heavy atom. The molecule has 100 valence electrons. The number of benzene rings is 2. The van der Waals surface area contributed by atoms with Gasteiger partial charge in [0.05, 0.1) is 0 Å². The molecule has 3 aromatic rings. The second-order valence-electron chi connectivity index (χ2n) is 4.41. The van der Waals surface area contributed by atoms with Crippen LogP contribution in [0.25, 0.3) is 11.0 Å². The topological polar surface area (TPSA) is 39.4 Å². The summed E-state index contributed by atoms with van der Waals surface area (Å²) in [5.41, 5.74) is 1.16. The van der Waals surface area contributed by atoms with E-state index >= 15 is 0 Å². The van der Waals surface area contributed by atoms with Crippen molar-refractivity contribution in [1.82, 2.24) is 0 Å². The first kappa shape index (κ1) is 12.8. The standard InChI is InChI=1S/C16H12O3S/c17-16-7-6-12-5-4-11(8-15(12)19-16)10-18-13-2-1-3-14(20)9-13/h1-9,20H,10H2. The molecule has 0 saturated carbocycles. The van der Waals surface area contributed by atoms with Gasteiger partial charge in [0.25, 0.3) is 0 Å². The molecule has 0 fully saturated rings. The smallest absolute Gasteiger partial charge is 0.336 e.